The standard InChI is InChI=1S/C26H45N3O5.C15H30O3.CH4O/c1-5-7-9-10-11-12-14-21(13-8-6-2)34-25(31)20-29-23(30)17-18-28(26(29)32)24-16-15-22(33-24)19-27(3)4;1-3-5-7-8-9-10-12-14(11-6-4-2)18-15(17)13-16;1-2/h17-18,21-22,24H,5-16,19-20H2,1-4H3;14,16H,3-13H2,1-2H3;2H,1H3. The van der Waals surface area contributed by atoms with E-state index in [0.29, 0.717) is 6.42 Å². The van der Waals surface area contributed by atoms with E-state index in [9.17, 15) is 19.2 Å². The lowest BCUT2D eigenvalue weighted by atomic mass is 10.0. The summed E-state index contributed by atoms with van der Waals surface area (Å²) in [6, 6.07) is 1.32. The average Bonchev–Trinajstić information content (AvgIpc) is 3.62. The second kappa shape index (κ2) is 33.8. The van der Waals surface area contributed by atoms with Gasteiger partial charge in [0.1, 0.15) is 31.6 Å². The number of unbranched alkanes of at least 4 members (excludes halogenated alkanes) is 12. The molecule has 4 atom stereocenters. The van der Waals surface area contributed by atoms with Gasteiger partial charge in [0, 0.05) is 25.9 Å². The maximum Gasteiger partial charge on any atom is 0.333 e. The predicted molar refractivity (Wildman–Crippen MR) is 217 cm³/mol. The second-order valence-electron chi connectivity index (χ2n) is 14.8. The van der Waals surface area contributed by atoms with E-state index in [-0.39, 0.29) is 24.9 Å². The van der Waals surface area contributed by atoms with E-state index in [1.54, 1.807) is 0 Å². The lowest BCUT2D eigenvalue weighted by Gasteiger charge is -2.20. The summed E-state index contributed by atoms with van der Waals surface area (Å²) in [5.41, 5.74) is -1.02. The predicted octanol–water partition coefficient (Wildman–Crippen LogP) is 7.54. The summed E-state index contributed by atoms with van der Waals surface area (Å²) in [5.74, 6) is -1.01. The quantitative estimate of drug-likeness (QED) is 0.0647. The zero-order chi connectivity index (χ0) is 40.6. The molecule has 0 amide bonds. The van der Waals surface area contributed by atoms with E-state index in [4.69, 9.17) is 24.4 Å². The van der Waals surface area contributed by atoms with Gasteiger partial charge in [-0.15, -0.1) is 0 Å². The van der Waals surface area contributed by atoms with Crippen LogP contribution in [0, 0.1) is 0 Å². The van der Waals surface area contributed by atoms with Crippen LogP contribution in [-0.2, 0) is 30.3 Å². The summed E-state index contributed by atoms with van der Waals surface area (Å²) in [6.45, 7) is 8.57. The SMILES string of the molecule is CCCCCCCCC(CCCC)OC(=O)CO.CCCCCCCCC(CCCC)OC(=O)Cn1c(=O)ccn(C2CCC(CN(C)C)O2)c1=O.CO. The Bertz CT molecular complexity index is 1190. The van der Waals surface area contributed by atoms with Gasteiger partial charge in [0.25, 0.3) is 5.56 Å². The van der Waals surface area contributed by atoms with Crippen molar-refractivity contribution in [3.8, 4) is 0 Å². The maximum atomic E-state index is 13.0. The first kappa shape index (κ1) is 51.5. The fourth-order valence-corrected chi connectivity index (χ4v) is 6.60. The molecular formula is C42H79N3O9. The number of carbonyl (C=O) groups excluding carboxylic acids is 2. The van der Waals surface area contributed by atoms with Gasteiger partial charge in [-0.25, -0.2) is 14.2 Å². The Morgan fingerprint density at radius 2 is 1.20 bits per heavy atom. The van der Waals surface area contributed by atoms with Crippen molar-refractivity contribution < 1.29 is 34.0 Å². The van der Waals surface area contributed by atoms with Gasteiger partial charge in [-0.05, 0) is 65.5 Å². The molecule has 1 aromatic heterocycles. The number of aliphatic hydroxyl groups is 2. The van der Waals surface area contributed by atoms with Gasteiger partial charge in [-0.1, -0.05) is 118 Å². The van der Waals surface area contributed by atoms with Crippen LogP contribution in [0.25, 0.3) is 0 Å². The van der Waals surface area contributed by atoms with E-state index in [1.807, 2.05) is 19.0 Å². The molecule has 1 fully saturated rings. The number of esters is 2. The Kier molecular flexibility index (Phi) is 32.2. The molecule has 12 nitrogen and oxygen atoms in total. The summed E-state index contributed by atoms with van der Waals surface area (Å²) in [5, 5.41) is 15.7. The fraction of sp³-hybridized carbons (Fsp3) is 0.857. The Morgan fingerprint density at radius 3 is 1.69 bits per heavy atom. The number of carbonyl (C=O) groups is 2. The molecule has 1 aromatic rings. The van der Waals surface area contributed by atoms with Crippen LogP contribution in [0.1, 0.15) is 175 Å². The van der Waals surface area contributed by atoms with Gasteiger partial charge in [0.05, 0.1) is 6.10 Å². The average molecular weight is 770 g/mol. The van der Waals surface area contributed by atoms with Gasteiger partial charge in [0.2, 0.25) is 0 Å². The molecule has 54 heavy (non-hydrogen) atoms. The first-order valence-electron chi connectivity index (χ1n) is 21.2. The molecule has 0 radical (unpaired) electrons. The highest BCUT2D eigenvalue weighted by Gasteiger charge is 2.28. The van der Waals surface area contributed by atoms with Crippen molar-refractivity contribution in [2.75, 3.05) is 34.4 Å². The van der Waals surface area contributed by atoms with Crippen molar-refractivity contribution in [2.45, 2.75) is 200 Å². The van der Waals surface area contributed by atoms with E-state index in [1.165, 1.54) is 74.6 Å². The first-order valence-corrected chi connectivity index (χ1v) is 21.2. The lowest BCUT2D eigenvalue weighted by molar-refractivity contribution is -0.153. The van der Waals surface area contributed by atoms with E-state index >= 15 is 0 Å². The third-order valence-corrected chi connectivity index (χ3v) is 9.59. The Labute approximate surface area is 326 Å². The fourth-order valence-electron chi connectivity index (χ4n) is 6.60. The minimum atomic E-state index is -0.527. The van der Waals surface area contributed by atoms with Crippen molar-refractivity contribution in [3.63, 3.8) is 0 Å². The van der Waals surface area contributed by atoms with Crippen LogP contribution < -0.4 is 11.2 Å². The molecule has 2 N–H and O–H groups in total. The maximum absolute atomic E-state index is 13.0. The molecule has 4 unspecified atom stereocenters. The van der Waals surface area contributed by atoms with E-state index < -0.39 is 36.0 Å². The Hall–Kier alpha value is -2.54. The molecular weight excluding hydrogens is 690 g/mol. The third-order valence-electron chi connectivity index (χ3n) is 9.59. The molecule has 0 aliphatic carbocycles. The summed E-state index contributed by atoms with van der Waals surface area (Å²) in [7, 11) is 4.96. The van der Waals surface area contributed by atoms with Gasteiger partial charge in [0.15, 0.2) is 0 Å². The molecule has 1 saturated heterocycles. The minimum Gasteiger partial charge on any atom is -0.461 e. The van der Waals surface area contributed by atoms with Gasteiger partial charge in [-0.3, -0.25) is 14.2 Å². The third kappa shape index (κ3) is 24.1. The zero-order valence-electron chi connectivity index (χ0n) is 35.2. The van der Waals surface area contributed by atoms with Crippen LogP contribution in [-0.4, -0.2) is 88.9 Å². The zero-order valence-corrected chi connectivity index (χ0v) is 35.2. The number of rotatable bonds is 28. The van der Waals surface area contributed by atoms with Crippen LogP contribution >= 0.6 is 0 Å². The highest BCUT2D eigenvalue weighted by molar-refractivity contribution is 5.70. The molecule has 0 spiro atoms. The summed E-state index contributed by atoms with van der Waals surface area (Å²) < 4.78 is 19.4. The van der Waals surface area contributed by atoms with E-state index in [2.05, 4.69) is 27.7 Å². The van der Waals surface area contributed by atoms with Crippen molar-refractivity contribution in [1.29, 1.82) is 0 Å². The van der Waals surface area contributed by atoms with Gasteiger partial charge >= 0.3 is 17.6 Å². The molecule has 1 aliphatic rings. The molecule has 12 heteroatoms. The number of likely N-dealkylation sites (N-methyl/N-ethyl adjacent to an activating group) is 1. The second-order valence-corrected chi connectivity index (χ2v) is 14.8. The Morgan fingerprint density at radius 1 is 0.741 bits per heavy atom. The van der Waals surface area contributed by atoms with Crippen molar-refractivity contribution in [2.24, 2.45) is 0 Å². The monoisotopic (exact) mass is 770 g/mol. The molecule has 2 rings (SSSR count). The van der Waals surface area contributed by atoms with Crippen molar-refractivity contribution in [3.05, 3.63) is 33.1 Å². The molecule has 2 heterocycles. The first-order chi connectivity index (χ1) is 26.1. The summed E-state index contributed by atoms with van der Waals surface area (Å²) >= 11 is 0. The number of ether oxygens (including phenoxy) is 3. The molecule has 316 valence electrons. The molecule has 0 saturated carbocycles. The lowest BCUT2D eigenvalue weighted by Crippen LogP contribution is -2.42. The van der Waals surface area contributed by atoms with Crippen LogP contribution in [0.15, 0.2) is 21.9 Å². The molecule has 0 bridgehead atoms. The molecule has 1 aliphatic heterocycles. The number of aromatic nitrogens is 2. The smallest absolute Gasteiger partial charge is 0.333 e. The number of hydrogen-bond donors (Lipinski definition) is 2. The highest BCUT2D eigenvalue weighted by atomic mass is 16.6. The van der Waals surface area contributed by atoms with E-state index in [0.717, 1.165) is 95.3 Å². The minimum absolute atomic E-state index is 0.00998. The number of hydrogen-bond acceptors (Lipinski definition) is 10. The summed E-state index contributed by atoms with van der Waals surface area (Å²) in [4.78, 5) is 51.3. The van der Waals surface area contributed by atoms with Crippen LogP contribution in [0.5, 0.6) is 0 Å². The Balaban J connectivity index is 0.00000119. The number of nitrogens with zero attached hydrogens (tertiary/aromatic N) is 3. The van der Waals surface area contributed by atoms with Gasteiger partial charge < -0.3 is 29.3 Å². The van der Waals surface area contributed by atoms with Gasteiger partial charge in [-0.2, -0.15) is 0 Å². The molecule has 0 aromatic carbocycles. The highest BCUT2D eigenvalue weighted by Crippen LogP contribution is 2.27. The van der Waals surface area contributed by atoms with Crippen LogP contribution in [0.2, 0.25) is 0 Å². The summed E-state index contributed by atoms with van der Waals surface area (Å²) in [6.07, 6.45) is 24.8. The number of aliphatic hydroxyl groups excluding tert-OH is 2. The van der Waals surface area contributed by atoms with Crippen molar-refractivity contribution >= 4 is 11.9 Å². The topological polar surface area (TPSA) is 150 Å². The largest absolute Gasteiger partial charge is 0.461 e. The normalized spacial score (nSPS) is 16.2. The van der Waals surface area contributed by atoms with Crippen LogP contribution in [0.3, 0.4) is 0 Å². The van der Waals surface area contributed by atoms with Crippen LogP contribution in [0.4, 0.5) is 0 Å². The van der Waals surface area contributed by atoms with Crippen molar-refractivity contribution in [1.82, 2.24) is 14.0 Å².